The Hall–Kier alpha value is -2.11. The minimum atomic E-state index is -0.387. The maximum atomic E-state index is 11.7. The summed E-state index contributed by atoms with van der Waals surface area (Å²) in [5.41, 5.74) is 0.968. The lowest BCUT2D eigenvalue weighted by Gasteiger charge is -2.31. The molecule has 6 nitrogen and oxygen atoms in total. The molecule has 0 aliphatic carbocycles. The molecule has 1 amide bonds. The zero-order chi connectivity index (χ0) is 17.0. The summed E-state index contributed by atoms with van der Waals surface area (Å²) in [5, 5.41) is 14.0. The van der Waals surface area contributed by atoms with Crippen LogP contribution in [0.4, 0.5) is 11.4 Å². The molecule has 126 valence electrons. The van der Waals surface area contributed by atoms with Crippen molar-refractivity contribution >= 4 is 17.3 Å². The van der Waals surface area contributed by atoms with E-state index in [-0.39, 0.29) is 16.5 Å². The van der Waals surface area contributed by atoms with Gasteiger partial charge in [0.05, 0.1) is 4.92 Å². The monoisotopic (exact) mass is 319 g/mol. The van der Waals surface area contributed by atoms with Crippen molar-refractivity contribution in [3.8, 4) is 0 Å². The Morgan fingerprint density at radius 3 is 2.87 bits per heavy atom. The second-order valence-corrected chi connectivity index (χ2v) is 6.21. The number of carbonyl (C=O) groups is 1. The molecule has 1 aromatic carbocycles. The third kappa shape index (κ3) is 3.63. The molecule has 1 aliphatic heterocycles. The van der Waals surface area contributed by atoms with Crippen molar-refractivity contribution in [3.05, 3.63) is 33.9 Å². The van der Waals surface area contributed by atoms with Gasteiger partial charge in [-0.25, -0.2) is 0 Å². The molecule has 2 rings (SSSR count). The fourth-order valence-corrected chi connectivity index (χ4v) is 3.53. The molecule has 1 N–H and O–H groups in total. The van der Waals surface area contributed by atoms with Crippen LogP contribution in [-0.4, -0.2) is 30.5 Å². The summed E-state index contributed by atoms with van der Waals surface area (Å²) in [4.78, 5) is 25.0. The van der Waals surface area contributed by atoms with E-state index < -0.39 is 0 Å². The van der Waals surface area contributed by atoms with E-state index >= 15 is 0 Å². The summed E-state index contributed by atoms with van der Waals surface area (Å²) in [7, 11) is 1.52. The van der Waals surface area contributed by atoms with Crippen LogP contribution in [0.5, 0.6) is 0 Å². The Labute approximate surface area is 137 Å². The molecule has 0 saturated carbocycles. The molecule has 0 radical (unpaired) electrons. The first-order chi connectivity index (χ1) is 11.0. The molecule has 23 heavy (non-hydrogen) atoms. The van der Waals surface area contributed by atoms with Gasteiger partial charge < -0.3 is 10.2 Å². The number of anilines is 1. The van der Waals surface area contributed by atoms with Crippen molar-refractivity contribution in [3.63, 3.8) is 0 Å². The summed E-state index contributed by atoms with van der Waals surface area (Å²) in [5.74, 6) is 0.192. The van der Waals surface area contributed by atoms with E-state index in [0.29, 0.717) is 23.2 Å². The maximum Gasteiger partial charge on any atom is 0.293 e. The van der Waals surface area contributed by atoms with Gasteiger partial charge in [-0.2, -0.15) is 0 Å². The highest BCUT2D eigenvalue weighted by atomic mass is 16.6. The maximum absolute atomic E-state index is 11.7. The number of nitrogens with one attached hydrogen (secondary N) is 1. The topological polar surface area (TPSA) is 75.5 Å². The fourth-order valence-electron chi connectivity index (χ4n) is 3.53. The minimum Gasteiger partial charge on any atom is -0.363 e. The van der Waals surface area contributed by atoms with Crippen LogP contribution >= 0.6 is 0 Å². The van der Waals surface area contributed by atoms with Crippen molar-refractivity contribution in [1.29, 1.82) is 0 Å². The van der Waals surface area contributed by atoms with Gasteiger partial charge in [0.2, 0.25) is 0 Å². The van der Waals surface area contributed by atoms with Gasteiger partial charge in [0.25, 0.3) is 11.6 Å². The van der Waals surface area contributed by atoms with Gasteiger partial charge in [0, 0.05) is 31.3 Å². The third-order valence-corrected chi connectivity index (χ3v) is 4.67. The van der Waals surface area contributed by atoms with E-state index in [4.69, 9.17) is 0 Å². The van der Waals surface area contributed by atoms with Crippen molar-refractivity contribution in [2.24, 2.45) is 5.92 Å². The number of hydrogen-bond acceptors (Lipinski definition) is 4. The standard InChI is InChI=1S/C17H25N3O3/c1-4-6-12(2)14-7-5-10-19(14)15-9-8-13(17(21)18-3)11-16(15)20(22)23/h8-9,11-12,14H,4-7,10H2,1-3H3,(H,18,21). The quantitative estimate of drug-likeness (QED) is 0.644. The smallest absolute Gasteiger partial charge is 0.293 e. The largest absolute Gasteiger partial charge is 0.363 e. The zero-order valence-electron chi connectivity index (χ0n) is 14.0. The molecule has 0 spiro atoms. The fraction of sp³-hybridized carbons (Fsp3) is 0.588. The number of nitro groups is 1. The number of amides is 1. The van der Waals surface area contributed by atoms with E-state index in [0.717, 1.165) is 32.2 Å². The molecule has 1 heterocycles. The zero-order valence-corrected chi connectivity index (χ0v) is 14.0. The van der Waals surface area contributed by atoms with Crippen LogP contribution in [0, 0.1) is 16.0 Å². The number of benzene rings is 1. The van der Waals surface area contributed by atoms with Crippen LogP contribution in [0.15, 0.2) is 18.2 Å². The lowest BCUT2D eigenvalue weighted by Crippen LogP contribution is -2.35. The van der Waals surface area contributed by atoms with Crippen molar-refractivity contribution in [2.45, 2.75) is 45.6 Å². The Balaban J connectivity index is 2.37. The lowest BCUT2D eigenvalue weighted by atomic mass is 9.94. The number of hydrogen-bond donors (Lipinski definition) is 1. The number of rotatable bonds is 6. The van der Waals surface area contributed by atoms with E-state index in [2.05, 4.69) is 24.1 Å². The van der Waals surface area contributed by atoms with Crippen LogP contribution in [0.1, 0.15) is 49.9 Å². The van der Waals surface area contributed by atoms with Crippen LogP contribution in [0.2, 0.25) is 0 Å². The molecular formula is C17H25N3O3. The van der Waals surface area contributed by atoms with Crippen molar-refractivity contribution in [2.75, 3.05) is 18.5 Å². The van der Waals surface area contributed by atoms with Gasteiger partial charge >= 0.3 is 0 Å². The highest BCUT2D eigenvalue weighted by Gasteiger charge is 2.33. The molecule has 1 saturated heterocycles. The first-order valence-corrected chi connectivity index (χ1v) is 8.26. The normalized spacial score (nSPS) is 18.7. The highest BCUT2D eigenvalue weighted by molar-refractivity contribution is 5.95. The van der Waals surface area contributed by atoms with Gasteiger partial charge in [-0.3, -0.25) is 14.9 Å². The molecule has 1 aromatic rings. The van der Waals surface area contributed by atoms with Crippen molar-refractivity contribution in [1.82, 2.24) is 5.32 Å². The summed E-state index contributed by atoms with van der Waals surface area (Å²) in [6, 6.07) is 5.11. The summed E-state index contributed by atoms with van der Waals surface area (Å²) >= 11 is 0. The lowest BCUT2D eigenvalue weighted by molar-refractivity contribution is -0.384. The van der Waals surface area contributed by atoms with Crippen LogP contribution in [-0.2, 0) is 0 Å². The molecule has 2 unspecified atom stereocenters. The summed E-state index contributed by atoms with van der Waals surface area (Å²) < 4.78 is 0. The molecule has 2 atom stereocenters. The SMILES string of the molecule is CCCC(C)C1CCCN1c1ccc(C(=O)NC)cc1[N+](=O)[O-]. The minimum absolute atomic E-state index is 0.0155. The van der Waals surface area contributed by atoms with Gasteiger partial charge in [-0.1, -0.05) is 20.3 Å². The predicted octanol–water partition coefficient (Wildman–Crippen LogP) is 3.36. The molecule has 1 fully saturated rings. The van der Waals surface area contributed by atoms with E-state index in [1.54, 1.807) is 12.1 Å². The average molecular weight is 319 g/mol. The first kappa shape index (κ1) is 17.2. The molecule has 1 aliphatic rings. The Morgan fingerprint density at radius 2 is 2.26 bits per heavy atom. The van der Waals surface area contributed by atoms with Crippen LogP contribution in [0.25, 0.3) is 0 Å². The van der Waals surface area contributed by atoms with E-state index in [1.807, 2.05) is 0 Å². The molecule has 0 aromatic heterocycles. The molecule has 0 bridgehead atoms. The summed E-state index contributed by atoms with van der Waals surface area (Å²) in [6.45, 7) is 5.21. The van der Waals surface area contributed by atoms with Gasteiger partial charge in [-0.15, -0.1) is 0 Å². The summed E-state index contributed by atoms with van der Waals surface area (Å²) in [6.07, 6.45) is 4.34. The van der Waals surface area contributed by atoms with E-state index in [1.165, 1.54) is 13.1 Å². The van der Waals surface area contributed by atoms with Crippen molar-refractivity contribution < 1.29 is 9.72 Å². The number of nitro benzene ring substituents is 1. The predicted molar refractivity (Wildman–Crippen MR) is 90.9 cm³/mol. The Morgan fingerprint density at radius 1 is 1.52 bits per heavy atom. The van der Waals surface area contributed by atoms with Gasteiger partial charge in [0.1, 0.15) is 5.69 Å². The Bertz CT molecular complexity index is 588. The second-order valence-electron chi connectivity index (χ2n) is 6.21. The molecular weight excluding hydrogens is 294 g/mol. The van der Waals surface area contributed by atoms with Gasteiger partial charge in [0.15, 0.2) is 0 Å². The second kappa shape index (κ2) is 7.44. The third-order valence-electron chi connectivity index (χ3n) is 4.67. The van der Waals surface area contributed by atoms with Gasteiger partial charge in [-0.05, 0) is 37.3 Å². The molecule has 6 heteroatoms. The van der Waals surface area contributed by atoms with E-state index in [9.17, 15) is 14.9 Å². The number of carbonyl (C=O) groups excluding carboxylic acids is 1. The highest BCUT2D eigenvalue weighted by Crippen LogP contribution is 2.37. The first-order valence-electron chi connectivity index (χ1n) is 8.26. The average Bonchev–Trinajstić information content (AvgIpc) is 3.03. The van der Waals surface area contributed by atoms with Crippen LogP contribution < -0.4 is 10.2 Å². The Kier molecular flexibility index (Phi) is 5.58. The van der Waals surface area contributed by atoms with Crippen LogP contribution in [0.3, 0.4) is 0 Å². The number of nitrogens with zero attached hydrogens (tertiary/aromatic N) is 2.